The zero-order valence-corrected chi connectivity index (χ0v) is 15.3. The summed E-state index contributed by atoms with van der Waals surface area (Å²) in [5, 5.41) is 0. The third-order valence-corrected chi connectivity index (χ3v) is 4.75. The topological polar surface area (TPSA) is 0 Å². The lowest BCUT2D eigenvalue weighted by Crippen LogP contribution is -2.01. The minimum absolute atomic E-state index is 0.380. The van der Waals surface area contributed by atoms with Crippen LogP contribution in [0, 0.1) is 5.92 Å². The van der Waals surface area contributed by atoms with Crippen LogP contribution in [0.4, 0.5) is 0 Å². The zero-order chi connectivity index (χ0) is 16.7. The van der Waals surface area contributed by atoms with Crippen LogP contribution in [0.3, 0.4) is 0 Å². The molecule has 0 aromatic heterocycles. The molecule has 0 spiro atoms. The molecule has 0 saturated heterocycles. The Morgan fingerprint density at radius 3 is 1.76 bits per heavy atom. The van der Waals surface area contributed by atoms with Crippen molar-refractivity contribution in [2.24, 2.45) is 5.92 Å². The molecule has 0 N–H and O–H groups in total. The average Bonchev–Trinajstić information content (AvgIpc) is 2.43. The number of allylic oxidation sites excluding steroid dienone is 7. The van der Waals surface area contributed by atoms with Gasteiger partial charge in [0.25, 0.3) is 0 Å². The van der Waals surface area contributed by atoms with Crippen LogP contribution in [0.15, 0.2) is 58.7 Å². The first kappa shape index (κ1) is 19.7. The van der Waals surface area contributed by atoms with E-state index < -0.39 is 0 Å². The molecular weight excluding hydrogens is 252 g/mol. The van der Waals surface area contributed by atoms with Gasteiger partial charge >= 0.3 is 0 Å². The van der Waals surface area contributed by atoms with Gasteiger partial charge < -0.3 is 0 Å². The highest BCUT2D eigenvalue weighted by atomic mass is 14.2. The van der Waals surface area contributed by atoms with E-state index in [2.05, 4.69) is 68.2 Å². The van der Waals surface area contributed by atoms with E-state index >= 15 is 0 Å². The van der Waals surface area contributed by atoms with Crippen LogP contribution in [0.5, 0.6) is 0 Å². The predicted molar refractivity (Wildman–Crippen MR) is 98.5 cm³/mol. The highest BCUT2D eigenvalue weighted by molar-refractivity contribution is 5.36. The molecule has 0 rings (SSSR count). The second-order valence-corrected chi connectivity index (χ2v) is 6.50. The van der Waals surface area contributed by atoms with E-state index in [1.54, 1.807) is 0 Å². The summed E-state index contributed by atoms with van der Waals surface area (Å²) in [7, 11) is 0. The molecule has 0 aliphatic rings. The molecule has 0 fully saturated rings. The van der Waals surface area contributed by atoms with E-state index in [4.69, 9.17) is 0 Å². The van der Waals surface area contributed by atoms with Gasteiger partial charge in [0.2, 0.25) is 0 Å². The van der Waals surface area contributed by atoms with Crippen molar-refractivity contribution in [3.8, 4) is 0 Å². The maximum Gasteiger partial charge on any atom is -0.00264 e. The van der Waals surface area contributed by atoms with Gasteiger partial charge in [-0.05, 0) is 70.9 Å². The summed E-state index contributed by atoms with van der Waals surface area (Å²) in [5.74, 6) is 0.380. The van der Waals surface area contributed by atoms with Crippen LogP contribution in [-0.4, -0.2) is 0 Å². The van der Waals surface area contributed by atoms with Gasteiger partial charge in [-0.1, -0.05) is 61.4 Å². The number of rotatable bonds is 8. The van der Waals surface area contributed by atoms with Crippen LogP contribution >= 0.6 is 0 Å². The second-order valence-electron chi connectivity index (χ2n) is 6.50. The maximum absolute atomic E-state index is 4.28. The lowest BCUT2D eigenvalue weighted by atomic mass is 9.88. The first-order chi connectivity index (χ1) is 9.61. The summed E-state index contributed by atoms with van der Waals surface area (Å²) in [6.45, 7) is 27.8. The molecule has 0 amide bonds. The van der Waals surface area contributed by atoms with E-state index in [0.717, 1.165) is 19.3 Å². The summed E-state index contributed by atoms with van der Waals surface area (Å²) in [6.07, 6.45) is 3.04. The van der Waals surface area contributed by atoms with Gasteiger partial charge in [-0.3, -0.25) is 0 Å². The first-order valence-electron chi connectivity index (χ1n) is 7.94. The predicted octanol–water partition coefficient (Wildman–Crippen LogP) is 7.17. The van der Waals surface area contributed by atoms with Gasteiger partial charge in [0.15, 0.2) is 0 Å². The van der Waals surface area contributed by atoms with Crippen LogP contribution in [0.2, 0.25) is 0 Å². The summed E-state index contributed by atoms with van der Waals surface area (Å²) >= 11 is 0. The summed E-state index contributed by atoms with van der Waals surface area (Å²) < 4.78 is 0. The molecular formula is C21H34. The Bertz CT molecular complexity index is 480. The van der Waals surface area contributed by atoms with Gasteiger partial charge in [-0.2, -0.15) is 0 Å². The Labute approximate surface area is 133 Å². The van der Waals surface area contributed by atoms with Gasteiger partial charge in [0, 0.05) is 0 Å². The van der Waals surface area contributed by atoms with E-state index in [1.165, 1.54) is 39.0 Å². The lowest BCUT2D eigenvalue weighted by Gasteiger charge is -2.18. The highest BCUT2D eigenvalue weighted by Crippen LogP contribution is 2.28. The van der Waals surface area contributed by atoms with E-state index in [0.29, 0.717) is 5.92 Å². The standard InChI is InChI=1S/C21H34/c1-11-15(4)16(5)12-18(7)21(10)19(8)13-17(6)20(9)14(2)3/h20H,2,6-7,11-13H2,1,3-5,8-10H3/b16-15-,21-19-. The van der Waals surface area contributed by atoms with Crippen molar-refractivity contribution < 1.29 is 0 Å². The molecule has 0 saturated carbocycles. The summed E-state index contributed by atoms with van der Waals surface area (Å²) in [6, 6.07) is 0. The van der Waals surface area contributed by atoms with Crippen molar-refractivity contribution in [3.05, 3.63) is 58.7 Å². The highest BCUT2D eigenvalue weighted by Gasteiger charge is 2.10. The minimum atomic E-state index is 0.380. The van der Waals surface area contributed by atoms with E-state index in [1.807, 2.05) is 0 Å². The van der Waals surface area contributed by atoms with Gasteiger partial charge in [-0.15, -0.1) is 0 Å². The van der Waals surface area contributed by atoms with Gasteiger partial charge in [0.1, 0.15) is 0 Å². The molecule has 0 heterocycles. The van der Waals surface area contributed by atoms with Crippen molar-refractivity contribution in [2.75, 3.05) is 0 Å². The largest absolute Gasteiger partial charge is 0.0995 e. The van der Waals surface area contributed by atoms with Crippen LogP contribution in [0.25, 0.3) is 0 Å². The molecule has 1 unspecified atom stereocenters. The van der Waals surface area contributed by atoms with Crippen LogP contribution in [0.1, 0.15) is 67.7 Å². The molecule has 0 aliphatic heterocycles. The molecule has 0 aromatic rings. The molecule has 0 radical (unpaired) electrons. The van der Waals surface area contributed by atoms with Crippen molar-refractivity contribution in [2.45, 2.75) is 67.7 Å². The molecule has 21 heavy (non-hydrogen) atoms. The van der Waals surface area contributed by atoms with Gasteiger partial charge in [0.05, 0.1) is 0 Å². The molecule has 118 valence electrons. The fourth-order valence-electron chi connectivity index (χ4n) is 2.18. The second kappa shape index (κ2) is 8.87. The zero-order valence-electron chi connectivity index (χ0n) is 15.3. The lowest BCUT2D eigenvalue weighted by molar-refractivity contribution is 0.772. The third-order valence-electron chi connectivity index (χ3n) is 4.75. The Morgan fingerprint density at radius 1 is 0.810 bits per heavy atom. The van der Waals surface area contributed by atoms with Crippen molar-refractivity contribution in [1.82, 2.24) is 0 Å². The smallest absolute Gasteiger partial charge is 0.00264 e. The normalized spacial score (nSPS) is 15.0. The Morgan fingerprint density at radius 2 is 1.33 bits per heavy atom. The quantitative estimate of drug-likeness (QED) is 0.327. The maximum atomic E-state index is 4.28. The number of hydrogen-bond acceptors (Lipinski definition) is 0. The van der Waals surface area contributed by atoms with Crippen molar-refractivity contribution >= 4 is 0 Å². The van der Waals surface area contributed by atoms with Crippen molar-refractivity contribution in [1.29, 1.82) is 0 Å². The molecule has 1 atom stereocenters. The average molecular weight is 287 g/mol. The summed E-state index contributed by atoms with van der Waals surface area (Å²) in [4.78, 5) is 0. The van der Waals surface area contributed by atoms with Gasteiger partial charge in [-0.25, -0.2) is 0 Å². The van der Waals surface area contributed by atoms with Crippen LogP contribution < -0.4 is 0 Å². The molecule has 0 nitrogen and oxygen atoms in total. The molecule has 0 bridgehead atoms. The number of hydrogen-bond donors (Lipinski definition) is 0. The van der Waals surface area contributed by atoms with Crippen molar-refractivity contribution in [3.63, 3.8) is 0 Å². The molecule has 0 aliphatic carbocycles. The third kappa shape index (κ3) is 6.33. The molecule has 0 heteroatoms. The SMILES string of the molecule is C=C(C/C(C)=C(/C)CC)/C(C)=C(/C)CC(=C)C(C)C(=C)C. The van der Waals surface area contributed by atoms with Crippen LogP contribution in [-0.2, 0) is 0 Å². The minimum Gasteiger partial charge on any atom is -0.0995 e. The fraction of sp³-hybridized carbons (Fsp3) is 0.524. The Balaban J connectivity index is 4.95. The van der Waals surface area contributed by atoms with E-state index in [-0.39, 0.29) is 0 Å². The first-order valence-corrected chi connectivity index (χ1v) is 7.94. The van der Waals surface area contributed by atoms with E-state index in [9.17, 15) is 0 Å². The monoisotopic (exact) mass is 286 g/mol. The fourth-order valence-corrected chi connectivity index (χ4v) is 2.18. The Hall–Kier alpha value is -1.30. The Kier molecular flexibility index (Phi) is 8.32. The summed E-state index contributed by atoms with van der Waals surface area (Å²) in [5.41, 5.74) is 9.28. The molecule has 0 aromatic carbocycles.